The molecular formula is C21H19ClN2O3. The molecule has 0 saturated heterocycles. The van der Waals surface area contributed by atoms with Gasteiger partial charge < -0.3 is 14.6 Å². The van der Waals surface area contributed by atoms with Gasteiger partial charge in [-0.25, -0.2) is 0 Å². The molecule has 0 aliphatic heterocycles. The Bertz CT molecular complexity index is 1030. The summed E-state index contributed by atoms with van der Waals surface area (Å²) >= 11 is 6.00. The number of pyridine rings is 1. The first kappa shape index (κ1) is 18.7. The summed E-state index contributed by atoms with van der Waals surface area (Å²) in [5, 5.41) is 3.25. The van der Waals surface area contributed by atoms with Crippen molar-refractivity contribution in [1.29, 1.82) is 0 Å². The van der Waals surface area contributed by atoms with E-state index < -0.39 is 0 Å². The molecular weight excluding hydrogens is 364 g/mol. The Hall–Kier alpha value is -3.05. The van der Waals surface area contributed by atoms with Crippen LogP contribution < -0.4 is 15.6 Å². The third kappa shape index (κ3) is 4.57. The molecule has 1 heterocycles. The van der Waals surface area contributed by atoms with Crippen molar-refractivity contribution in [2.75, 3.05) is 12.4 Å². The van der Waals surface area contributed by atoms with Gasteiger partial charge in [-0.2, -0.15) is 0 Å². The number of carbonyl (C=O) groups is 1. The van der Waals surface area contributed by atoms with Gasteiger partial charge in [0, 0.05) is 17.3 Å². The molecule has 3 rings (SSSR count). The topological polar surface area (TPSA) is 60.3 Å². The predicted octanol–water partition coefficient (Wildman–Crippen LogP) is 4.12. The van der Waals surface area contributed by atoms with E-state index in [0.29, 0.717) is 28.6 Å². The number of aromatic nitrogens is 1. The number of ether oxygens (including phenoxy) is 1. The van der Waals surface area contributed by atoms with Crippen LogP contribution in [0, 0.1) is 6.92 Å². The van der Waals surface area contributed by atoms with E-state index in [4.69, 9.17) is 16.3 Å². The van der Waals surface area contributed by atoms with Gasteiger partial charge in [0.15, 0.2) is 0 Å². The number of aryl methyl sites for hydroxylation is 1. The standard InChI is InChI=1S/C21H19ClN2O3/c1-14-3-5-15(6-4-14)12-24-13-16(7-10-20(24)25)21(26)23-18-11-17(22)8-9-19(18)27-2/h3-11,13H,12H2,1-2H3,(H,23,26). The summed E-state index contributed by atoms with van der Waals surface area (Å²) < 4.78 is 6.75. The highest BCUT2D eigenvalue weighted by Gasteiger charge is 2.12. The van der Waals surface area contributed by atoms with Crippen LogP contribution in [0.3, 0.4) is 0 Å². The number of nitrogens with one attached hydrogen (secondary N) is 1. The van der Waals surface area contributed by atoms with Crippen molar-refractivity contribution < 1.29 is 9.53 Å². The molecule has 1 aromatic heterocycles. The predicted molar refractivity (Wildman–Crippen MR) is 107 cm³/mol. The molecule has 1 N–H and O–H groups in total. The van der Waals surface area contributed by atoms with Gasteiger partial charge in [-0.1, -0.05) is 41.4 Å². The lowest BCUT2D eigenvalue weighted by Gasteiger charge is -2.12. The van der Waals surface area contributed by atoms with Crippen LogP contribution in [0.5, 0.6) is 5.75 Å². The maximum absolute atomic E-state index is 12.6. The Labute approximate surface area is 162 Å². The van der Waals surface area contributed by atoms with E-state index in [-0.39, 0.29) is 11.5 Å². The number of anilines is 1. The summed E-state index contributed by atoms with van der Waals surface area (Å²) in [6.45, 7) is 2.39. The molecule has 5 nitrogen and oxygen atoms in total. The molecule has 138 valence electrons. The van der Waals surface area contributed by atoms with Gasteiger partial charge >= 0.3 is 0 Å². The largest absolute Gasteiger partial charge is 0.495 e. The second-order valence-corrected chi connectivity index (χ2v) is 6.60. The molecule has 27 heavy (non-hydrogen) atoms. The van der Waals surface area contributed by atoms with E-state index in [2.05, 4.69) is 5.32 Å². The number of rotatable bonds is 5. The first-order valence-electron chi connectivity index (χ1n) is 8.37. The quantitative estimate of drug-likeness (QED) is 0.722. The smallest absolute Gasteiger partial charge is 0.257 e. The van der Waals surface area contributed by atoms with Gasteiger partial charge in [-0.3, -0.25) is 9.59 Å². The Morgan fingerprint density at radius 1 is 1.11 bits per heavy atom. The summed E-state index contributed by atoms with van der Waals surface area (Å²) in [5.41, 5.74) is 2.79. The summed E-state index contributed by atoms with van der Waals surface area (Å²) in [5.74, 6) is 0.147. The average molecular weight is 383 g/mol. The Morgan fingerprint density at radius 3 is 2.56 bits per heavy atom. The SMILES string of the molecule is COc1ccc(Cl)cc1NC(=O)c1ccc(=O)n(Cc2ccc(C)cc2)c1. The van der Waals surface area contributed by atoms with Gasteiger partial charge in [0.05, 0.1) is 24.9 Å². The fourth-order valence-corrected chi connectivity index (χ4v) is 2.82. The number of methoxy groups -OCH3 is 1. The lowest BCUT2D eigenvalue weighted by Crippen LogP contribution is -2.22. The number of hydrogen-bond donors (Lipinski definition) is 1. The molecule has 0 atom stereocenters. The highest BCUT2D eigenvalue weighted by Crippen LogP contribution is 2.28. The first-order valence-corrected chi connectivity index (χ1v) is 8.75. The molecule has 2 aromatic carbocycles. The number of nitrogens with zero attached hydrogens (tertiary/aromatic N) is 1. The molecule has 0 aliphatic rings. The minimum atomic E-state index is -0.353. The fourth-order valence-electron chi connectivity index (χ4n) is 2.65. The highest BCUT2D eigenvalue weighted by atomic mass is 35.5. The molecule has 1 amide bonds. The monoisotopic (exact) mass is 382 g/mol. The number of carbonyl (C=O) groups excluding carboxylic acids is 1. The third-order valence-corrected chi connectivity index (χ3v) is 4.36. The maximum Gasteiger partial charge on any atom is 0.257 e. The normalized spacial score (nSPS) is 10.5. The van der Waals surface area contributed by atoms with E-state index >= 15 is 0 Å². The molecule has 0 spiro atoms. The first-order chi connectivity index (χ1) is 13.0. The van der Waals surface area contributed by atoms with Gasteiger partial charge in [0.1, 0.15) is 5.75 Å². The lowest BCUT2D eigenvalue weighted by atomic mass is 10.1. The Balaban J connectivity index is 1.85. The zero-order chi connectivity index (χ0) is 19.4. The van der Waals surface area contributed by atoms with Gasteiger partial charge in [0.2, 0.25) is 0 Å². The number of amides is 1. The van der Waals surface area contributed by atoms with Gasteiger partial charge in [-0.15, -0.1) is 0 Å². The maximum atomic E-state index is 12.6. The van der Waals surface area contributed by atoms with Crippen LogP contribution in [0.1, 0.15) is 21.5 Å². The molecule has 3 aromatic rings. The summed E-state index contributed by atoms with van der Waals surface area (Å²) in [6, 6.07) is 15.8. The van der Waals surface area contributed by atoms with Crippen LogP contribution in [0.15, 0.2) is 65.6 Å². The second kappa shape index (κ2) is 8.10. The molecule has 0 radical (unpaired) electrons. The Kier molecular flexibility index (Phi) is 5.62. The molecule has 6 heteroatoms. The highest BCUT2D eigenvalue weighted by molar-refractivity contribution is 6.31. The van der Waals surface area contributed by atoms with Crippen molar-refractivity contribution >= 4 is 23.2 Å². The van der Waals surface area contributed by atoms with E-state index in [1.807, 2.05) is 31.2 Å². The van der Waals surface area contributed by atoms with Crippen LogP contribution in [0.4, 0.5) is 5.69 Å². The molecule has 0 aliphatic carbocycles. The van der Waals surface area contributed by atoms with Gasteiger partial charge in [-0.05, 0) is 36.8 Å². The van der Waals surface area contributed by atoms with E-state index in [1.54, 1.807) is 24.4 Å². The molecule has 0 unspecified atom stereocenters. The van der Waals surface area contributed by atoms with Crippen LogP contribution in [-0.4, -0.2) is 17.6 Å². The summed E-state index contributed by atoms with van der Waals surface area (Å²) in [4.78, 5) is 24.8. The molecule has 0 bridgehead atoms. The van der Waals surface area contributed by atoms with Crippen LogP contribution >= 0.6 is 11.6 Å². The summed E-state index contributed by atoms with van der Waals surface area (Å²) in [7, 11) is 1.51. The van der Waals surface area contributed by atoms with Crippen molar-refractivity contribution in [3.63, 3.8) is 0 Å². The zero-order valence-corrected chi connectivity index (χ0v) is 15.8. The van der Waals surface area contributed by atoms with Crippen LogP contribution in [0.2, 0.25) is 5.02 Å². The third-order valence-electron chi connectivity index (χ3n) is 4.13. The Morgan fingerprint density at radius 2 is 1.85 bits per heavy atom. The minimum Gasteiger partial charge on any atom is -0.495 e. The van der Waals surface area contributed by atoms with Crippen LogP contribution in [0.25, 0.3) is 0 Å². The van der Waals surface area contributed by atoms with E-state index in [9.17, 15) is 9.59 Å². The number of halogens is 1. The zero-order valence-electron chi connectivity index (χ0n) is 15.0. The van der Waals surface area contributed by atoms with Gasteiger partial charge in [0.25, 0.3) is 11.5 Å². The van der Waals surface area contributed by atoms with Crippen molar-refractivity contribution in [3.8, 4) is 5.75 Å². The molecule has 0 saturated carbocycles. The van der Waals surface area contributed by atoms with Crippen molar-refractivity contribution in [2.24, 2.45) is 0 Å². The molecule has 0 fully saturated rings. The van der Waals surface area contributed by atoms with E-state index in [0.717, 1.165) is 11.1 Å². The number of hydrogen-bond acceptors (Lipinski definition) is 3. The van der Waals surface area contributed by atoms with Crippen molar-refractivity contribution in [2.45, 2.75) is 13.5 Å². The average Bonchev–Trinajstić information content (AvgIpc) is 2.65. The minimum absolute atomic E-state index is 0.174. The lowest BCUT2D eigenvalue weighted by molar-refractivity contribution is 0.102. The fraction of sp³-hybridized carbons (Fsp3) is 0.143. The number of benzene rings is 2. The van der Waals surface area contributed by atoms with Crippen LogP contribution in [-0.2, 0) is 6.54 Å². The van der Waals surface area contributed by atoms with Crippen molar-refractivity contribution in [3.05, 3.63) is 92.9 Å². The second-order valence-electron chi connectivity index (χ2n) is 6.17. The summed E-state index contributed by atoms with van der Waals surface area (Å²) in [6.07, 6.45) is 1.55. The van der Waals surface area contributed by atoms with Crippen molar-refractivity contribution in [1.82, 2.24) is 4.57 Å². The van der Waals surface area contributed by atoms with E-state index in [1.165, 1.54) is 23.8 Å².